The summed E-state index contributed by atoms with van der Waals surface area (Å²) in [4.78, 5) is 0. The van der Waals surface area contributed by atoms with Crippen LogP contribution in [0.5, 0.6) is 11.5 Å². The number of aliphatic hydroxyl groups is 6. The van der Waals surface area contributed by atoms with Gasteiger partial charge in [-0.05, 0) is 37.6 Å². The highest BCUT2D eigenvalue weighted by Crippen LogP contribution is 2.34. The Balaban J connectivity index is 2.57. The second-order valence-corrected chi connectivity index (χ2v) is 7.17. The third kappa shape index (κ3) is 6.29. The summed E-state index contributed by atoms with van der Waals surface area (Å²) in [6.07, 6.45) is -7.44. The van der Waals surface area contributed by atoms with Crippen LogP contribution in [0, 0.1) is 0 Å². The topological polar surface area (TPSA) is 140 Å². The van der Waals surface area contributed by atoms with Gasteiger partial charge in [-0.2, -0.15) is 0 Å². The minimum absolute atomic E-state index is 0.207. The minimum atomic E-state index is -1.93. The van der Waals surface area contributed by atoms with Crippen molar-refractivity contribution in [1.29, 1.82) is 0 Å². The molecule has 0 radical (unpaired) electrons. The molecule has 2 rings (SSSR count). The molecule has 6 N–H and O–H groups in total. The Morgan fingerprint density at radius 2 is 1.34 bits per heavy atom. The van der Waals surface area contributed by atoms with Crippen molar-refractivity contribution < 1.29 is 40.1 Å². The van der Waals surface area contributed by atoms with Gasteiger partial charge in [0.2, 0.25) is 0 Å². The summed E-state index contributed by atoms with van der Waals surface area (Å²) in [5.41, 5.74) is 1.29. The van der Waals surface area contributed by atoms with Crippen molar-refractivity contribution in [3.05, 3.63) is 59.7 Å². The first-order chi connectivity index (χ1) is 15.3. The van der Waals surface area contributed by atoms with Crippen LogP contribution in [0.1, 0.15) is 25.0 Å². The second kappa shape index (κ2) is 12.5. The van der Waals surface area contributed by atoms with E-state index in [0.29, 0.717) is 35.8 Å². The summed E-state index contributed by atoms with van der Waals surface area (Å²) in [7, 11) is 0. The molecule has 0 aliphatic heterocycles. The summed E-state index contributed by atoms with van der Waals surface area (Å²) >= 11 is 0. The van der Waals surface area contributed by atoms with E-state index in [4.69, 9.17) is 14.6 Å². The van der Waals surface area contributed by atoms with E-state index in [1.165, 1.54) is 0 Å². The lowest BCUT2D eigenvalue weighted by molar-refractivity contribution is -0.131. The van der Waals surface area contributed by atoms with Crippen LogP contribution in [0.4, 0.5) is 0 Å². The van der Waals surface area contributed by atoms with E-state index in [-0.39, 0.29) is 5.57 Å². The Kier molecular flexibility index (Phi) is 10.1. The van der Waals surface area contributed by atoms with Crippen molar-refractivity contribution in [2.24, 2.45) is 0 Å². The number of para-hydroxylation sites is 2. The molecule has 0 bridgehead atoms. The van der Waals surface area contributed by atoms with Crippen LogP contribution < -0.4 is 9.47 Å². The molecule has 8 nitrogen and oxygen atoms in total. The molecule has 5 atom stereocenters. The van der Waals surface area contributed by atoms with Gasteiger partial charge >= 0.3 is 0 Å². The number of benzene rings is 2. The van der Waals surface area contributed by atoms with Gasteiger partial charge in [-0.1, -0.05) is 36.4 Å². The molecule has 0 heterocycles. The van der Waals surface area contributed by atoms with E-state index in [1.54, 1.807) is 54.6 Å². The Morgan fingerprint density at radius 1 is 0.781 bits per heavy atom. The van der Waals surface area contributed by atoms with E-state index in [1.807, 2.05) is 13.8 Å². The van der Waals surface area contributed by atoms with Crippen LogP contribution in [-0.4, -0.2) is 81.0 Å². The van der Waals surface area contributed by atoms with Crippen LogP contribution in [0.3, 0.4) is 0 Å². The average molecular weight is 449 g/mol. The monoisotopic (exact) mass is 448 g/mol. The van der Waals surface area contributed by atoms with Crippen LogP contribution in [0.15, 0.2) is 48.5 Å². The Bertz CT molecular complexity index is 869. The molecule has 0 aromatic heterocycles. The van der Waals surface area contributed by atoms with Gasteiger partial charge in [0.05, 0.1) is 19.8 Å². The van der Waals surface area contributed by atoms with E-state index in [2.05, 4.69) is 0 Å². The third-order valence-corrected chi connectivity index (χ3v) is 4.95. The van der Waals surface area contributed by atoms with Gasteiger partial charge < -0.3 is 40.1 Å². The normalized spacial score (nSPS) is 16.7. The van der Waals surface area contributed by atoms with E-state index < -0.39 is 37.1 Å². The first kappa shape index (κ1) is 25.8. The smallest absolute Gasteiger partial charge is 0.126 e. The van der Waals surface area contributed by atoms with E-state index >= 15 is 0 Å². The number of rotatable bonds is 12. The molecule has 0 saturated carbocycles. The predicted molar refractivity (Wildman–Crippen MR) is 120 cm³/mol. The van der Waals surface area contributed by atoms with Crippen molar-refractivity contribution in [3.63, 3.8) is 0 Å². The largest absolute Gasteiger partial charge is 0.493 e. The highest BCUT2D eigenvalue weighted by molar-refractivity contribution is 5.87. The van der Waals surface area contributed by atoms with Crippen molar-refractivity contribution in [3.8, 4) is 11.5 Å². The molecule has 8 heteroatoms. The summed E-state index contributed by atoms with van der Waals surface area (Å²) in [6.45, 7) is 3.62. The molecular weight excluding hydrogens is 416 g/mol. The van der Waals surface area contributed by atoms with Gasteiger partial charge in [-0.25, -0.2) is 0 Å². The SMILES string of the molecule is CCOc1ccccc1/C=C(\c1ccccc1OCC)C(O)[C@@H](O)[C@@H](O)[C@H](O)[C@@H](O)CO. The minimum Gasteiger partial charge on any atom is -0.493 e. The molecule has 0 aliphatic carbocycles. The molecule has 0 aliphatic rings. The summed E-state index contributed by atoms with van der Waals surface area (Å²) in [5.74, 6) is 1.01. The van der Waals surface area contributed by atoms with Crippen LogP contribution in [-0.2, 0) is 0 Å². The second-order valence-electron chi connectivity index (χ2n) is 7.17. The molecule has 32 heavy (non-hydrogen) atoms. The van der Waals surface area contributed by atoms with Gasteiger partial charge in [0.15, 0.2) is 0 Å². The summed E-state index contributed by atoms with van der Waals surface area (Å²) in [5, 5.41) is 60.7. The maximum absolute atomic E-state index is 11.0. The molecule has 176 valence electrons. The fraction of sp³-hybridized carbons (Fsp3) is 0.417. The molecule has 0 amide bonds. The number of hydrogen-bond acceptors (Lipinski definition) is 8. The van der Waals surface area contributed by atoms with Crippen LogP contribution in [0.2, 0.25) is 0 Å². The molecule has 1 unspecified atom stereocenters. The predicted octanol–water partition coefficient (Wildman–Crippen LogP) is 0.821. The van der Waals surface area contributed by atoms with E-state index in [0.717, 1.165) is 0 Å². The van der Waals surface area contributed by atoms with Crippen molar-refractivity contribution in [2.75, 3.05) is 19.8 Å². The van der Waals surface area contributed by atoms with Crippen LogP contribution in [0.25, 0.3) is 11.6 Å². The molecule has 0 saturated heterocycles. The zero-order valence-corrected chi connectivity index (χ0v) is 18.2. The van der Waals surface area contributed by atoms with Gasteiger partial charge in [0, 0.05) is 11.1 Å². The molecular formula is C24H32O8. The van der Waals surface area contributed by atoms with Gasteiger partial charge in [-0.3, -0.25) is 0 Å². The zero-order chi connectivity index (χ0) is 23.7. The fourth-order valence-electron chi connectivity index (χ4n) is 3.27. The van der Waals surface area contributed by atoms with Crippen molar-refractivity contribution in [1.82, 2.24) is 0 Å². The highest BCUT2D eigenvalue weighted by atomic mass is 16.5. The first-order valence-electron chi connectivity index (χ1n) is 10.5. The molecule has 2 aromatic rings. The number of ether oxygens (including phenoxy) is 2. The third-order valence-electron chi connectivity index (χ3n) is 4.95. The Labute approximate surface area is 187 Å². The standard InChI is InChI=1S/C24H32O8/c1-3-31-19-11-7-5-9-15(19)13-17(16-10-6-8-12-20(16)32-4-2)21(27)23(29)24(30)22(28)18(26)14-25/h5-13,18,21-30H,3-4,14H2,1-2H3/b17-13+/t18-,21?,22+,23+,24-/m0/s1. The summed E-state index contributed by atoms with van der Waals surface area (Å²) < 4.78 is 11.3. The quantitative estimate of drug-likeness (QED) is 0.262. The lowest BCUT2D eigenvalue weighted by Crippen LogP contribution is -2.50. The summed E-state index contributed by atoms with van der Waals surface area (Å²) in [6, 6.07) is 14.0. The Hall–Kier alpha value is -2.46. The van der Waals surface area contributed by atoms with Crippen molar-refractivity contribution >= 4 is 11.6 Å². The fourth-order valence-corrected chi connectivity index (χ4v) is 3.27. The molecule has 0 fully saturated rings. The Morgan fingerprint density at radius 3 is 1.97 bits per heavy atom. The molecule has 0 spiro atoms. The highest BCUT2D eigenvalue weighted by Gasteiger charge is 2.36. The number of aliphatic hydroxyl groups excluding tert-OH is 6. The van der Waals surface area contributed by atoms with E-state index in [9.17, 15) is 25.5 Å². The van der Waals surface area contributed by atoms with Gasteiger partial charge in [-0.15, -0.1) is 0 Å². The van der Waals surface area contributed by atoms with Gasteiger partial charge in [0.1, 0.15) is 42.0 Å². The van der Waals surface area contributed by atoms with Crippen molar-refractivity contribution in [2.45, 2.75) is 44.4 Å². The van der Waals surface area contributed by atoms with Gasteiger partial charge in [0.25, 0.3) is 0 Å². The lowest BCUT2D eigenvalue weighted by atomic mass is 9.89. The molecule has 2 aromatic carbocycles. The number of hydrogen-bond donors (Lipinski definition) is 6. The maximum Gasteiger partial charge on any atom is 0.126 e. The zero-order valence-electron chi connectivity index (χ0n) is 18.2. The van der Waals surface area contributed by atoms with Crippen LogP contribution >= 0.6 is 0 Å². The maximum atomic E-state index is 11.0. The average Bonchev–Trinajstić information content (AvgIpc) is 2.82. The first-order valence-corrected chi connectivity index (χ1v) is 10.5. The lowest BCUT2D eigenvalue weighted by Gasteiger charge is -2.30.